The van der Waals surface area contributed by atoms with Crippen molar-refractivity contribution in [2.45, 2.75) is 45.2 Å². The molecule has 1 saturated heterocycles. The Labute approximate surface area is 149 Å². The van der Waals surface area contributed by atoms with Gasteiger partial charge in [-0.2, -0.15) is 0 Å². The van der Waals surface area contributed by atoms with Crippen molar-refractivity contribution in [3.8, 4) is 5.75 Å². The molecule has 1 aliphatic rings. The van der Waals surface area contributed by atoms with E-state index in [1.807, 2.05) is 29.2 Å². The first-order valence-electron chi connectivity index (χ1n) is 8.89. The highest BCUT2D eigenvalue weighted by Gasteiger charge is 2.29. The zero-order valence-corrected chi connectivity index (χ0v) is 15.3. The number of nitrogens with one attached hydrogen (secondary N) is 1. The number of nitrogens with two attached hydrogens (primary N) is 1. The molecular weight excluding hydrogens is 318 g/mol. The summed E-state index contributed by atoms with van der Waals surface area (Å²) in [7, 11) is 1.63. The maximum atomic E-state index is 12.6. The molecule has 6 nitrogen and oxygen atoms in total. The van der Waals surface area contributed by atoms with Gasteiger partial charge in [0.2, 0.25) is 11.8 Å². The van der Waals surface area contributed by atoms with Crippen molar-refractivity contribution in [1.29, 1.82) is 0 Å². The van der Waals surface area contributed by atoms with Crippen molar-refractivity contribution in [3.05, 3.63) is 29.8 Å². The number of hydrogen-bond donors (Lipinski definition) is 2. The number of likely N-dealkylation sites (tertiary alicyclic amines) is 1. The number of carbonyl (C=O) groups is 2. The van der Waals surface area contributed by atoms with Crippen LogP contribution >= 0.6 is 0 Å². The molecule has 0 radical (unpaired) electrons. The fourth-order valence-corrected chi connectivity index (χ4v) is 3.35. The summed E-state index contributed by atoms with van der Waals surface area (Å²) in [4.78, 5) is 26.1. The largest absolute Gasteiger partial charge is 0.497 e. The van der Waals surface area contributed by atoms with E-state index < -0.39 is 0 Å². The molecule has 3 N–H and O–H groups in total. The Balaban J connectivity index is 2.03. The van der Waals surface area contributed by atoms with Crippen LogP contribution in [0.25, 0.3) is 0 Å². The lowest BCUT2D eigenvalue weighted by molar-refractivity contribution is -0.128. The summed E-state index contributed by atoms with van der Waals surface area (Å²) in [6.45, 7) is 5.08. The SMILES string of the molecule is COc1ccc([C@H](NC(=O)CN2CCCC[C@H]2C(N)=O)C(C)C)cc1. The van der Waals surface area contributed by atoms with Gasteiger partial charge >= 0.3 is 0 Å². The average molecular weight is 347 g/mol. The molecule has 1 aromatic rings. The Morgan fingerprint density at radius 2 is 1.96 bits per heavy atom. The predicted octanol–water partition coefficient (Wildman–Crippen LogP) is 1.85. The Morgan fingerprint density at radius 1 is 1.28 bits per heavy atom. The van der Waals surface area contributed by atoms with Crippen LogP contribution in [0.3, 0.4) is 0 Å². The molecule has 25 heavy (non-hydrogen) atoms. The molecule has 1 aromatic carbocycles. The lowest BCUT2D eigenvalue weighted by Crippen LogP contribution is -2.51. The van der Waals surface area contributed by atoms with Crippen molar-refractivity contribution in [1.82, 2.24) is 10.2 Å². The minimum atomic E-state index is -0.344. The minimum Gasteiger partial charge on any atom is -0.497 e. The predicted molar refractivity (Wildman–Crippen MR) is 97.1 cm³/mol. The van der Waals surface area contributed by atoms with E-state index in [1.165, 1.54) is 0 Å². The third-order valence-electron chi connectivity index (χ3n) is 4.75. The van der Waals surface area contributed by atoms with Gasteiger partial charge in [-0.3, -0.25) is 14.5 Å². The molecule has 0 spiro atoms. The highest BCUT2D eigenvalue weighted by atomic mass is 16.5. The summed E-state index contributed by atoms with van der Waals surface area (Å²) in [6, 6.07) is 7.30. The second-order valence-electron chi connectivity index (χ2n) is 6.95. The van der Waals surface area contributed by atoms with Crippen LogP contribution in [-0.4, -0.2) is 43.0 Å². The normalized spacial score (nSPS) is 19.4. The summed E-state index contributed by atoms with van der Waals surface area (Å²) in [5, 5.41) is 3.10. The Kier molecular flexibility index (Phi) is 6.82. The number of piperidine rings is 1. The lowest BCUT2D eigenvalue weighted by Gasteiger charge is -2.33. The van der Waals surface area contributed by atoms with Crippen molar-refractivity contribution in [3.63, 3.8) is 0 Å². The van der Waals surface area contributed by atoms with E-state index in [-0.39, 0.29) is 36.4 Å². The summed E-state index contributed by atoms with van der Waals surface area (Å²) < 4.78 is 5.19. The summed E-state index contributed by atoms with van der Waals surface area (Å²) in [5.74, 6) is 0.603. The summed E-state index contributed by atoms with van der Waals surface area (Å²) in [5.41, 5.74) is 6.51. The van der Waals surface area contributed by atoms with E-state index in [4.69, 9.17) is 10.5 Å². The van der Waals surface area contributed by atoms with Gasteiger partial charge < -0.3 is 15.8 Å². The molecule has 2 amide bonds. The topological polar surface area (TPSA) is 84.7 Å². The molecule has 1 heterocycles. The van der Waals surface area contributed by atoms with Crippen LogP contribution in [-0.2, 0) is 9.59 Å². The van der Waals surface area contributed by atoms with Gasteiger partial charge in [0.15, 0.2) is 0 Å². The Morgan fingerprint density at radius 3 is 2.52 bits per heavy atom. The smallest absolute Gasteiger partial charge is 0.234 e. The van der Waals surface area contributed by atoms with E-state index in [2.05, 4.69) is 19.2 Å². The molecule has 0 saturated carbocycles. The van der Waals surface area contributed by atoms with Gasteiger partial charge in [-0.1, -0.05) is 32.4 Å². The van der Waals surface area contributed by atoms with E-state index in [1.54, 1.807) is 7.11 Å². The maximum Gasteiger partial charge on any atom is 0.234 e. The van der Waals surface area contributed by atoms with E-state index in [9.17, 15) is 9.59 Å². The first kappa shape index (κ1) is 19.2. The van der Waals surface area contributed by atoms with Crippen molar-refractivity contribution in [2.75, 3.05) is 20.2 Å². The number of carbonyl (C=O) groups excluding carboxylic acids is 2. The number of nitrogens with zero attached hydrogens (tertiary/aromatic N) is 1. The van der Waals surface area contributed by atoms with Crippen LogP contribution in [0.2, 0.25) is 0 Å². The van der Waals surface area contributed by atoms with Crippen LogP contribution in [0, 0.1) is 5.92 Å². The number of benzene rings is 1. The third kappa shape index (κ3) is 5.19. The molecule has 2 atom stereocenters. The molecule has 0 bridgehead atoms. The summed E-state index contributed by atoms with van der Waals surface area (Å²) >= 11 is 0. The third-order valence-corrected chi connectivity index (χ3v) is 4.75. The molecule has 138 valence electrons. The number of methoxy groups -OCH3 is 1. The molecule has 2 rings (SSSR count). The Hall–Kier alpha value is -2.08. The molecule has 0 aromatic heterocycles. The zero-order valence-electron chi connectivity index (χ0n) is 15.3. The van der Waals surface area contributed by atoms with Crippen LogP contribution in [0.4, 0.5) is 0 Å². The molecule has 0 aliphatic carbocycles. The number of hydrogen-bond acceptors (Lipinski definition) is 4. The number of amides is 2. The molecular formula is C19H29N3O3. The molecule has 1 aliphatic heterocycles. The first-order chi connectivity index (χ1) is 11.9. The van der Waals surface area contributed by atoms with E-state index in [0.717, 1.165) is 37.1 Å². The maximum absolute atomic E-state index is 12.6. The average Bonchev–Trinajstić information content (AvgIpc) is 2.60. The van der Waals surface area contributed by atoms with Gasteiger partial charge in [0.1, 0.15) is 5.75 Å². The fourth-order valence-electron chi connectivity index (χ4n) is 3.35. The highest BCUT2D eigenvalue weighted by molar-refractivity contribution is 5.82. The fraction of sp³-hybridized carbons (Fsp3) is 0.579. The molecule has 1 fully saturated rings. The molecule has 6 heteroatoms. The summed E-state index contributed by atoms with van der Waals surface area (Å²) in [6.07, 6.45) is 2.70. The van der Waals surface area contributed by atoms with Crippen LogP contribution in [0.1, 0.15) is 44.7 Å². The quantitative estimate of drug-likeness (QED) is 0.788. The van der Waals surface area contributed by atoms with Gasteiger partial charge in [0, 0.05) is 0 Å². The van der Waals surface area contributed by atoms with Gasteiger partial charge in [0.05, 0.1) is 25.7 Å². The lowest BCUT2D eigenvalue weighted by atomic mass is 9.95. The van der Waals surface area contributed by atoms with Crippen molar-refractivity contribution >= 4 is 11.8 Å². The van der Waals surface area contributed by atoms with Crippen LogP contribution < -0.4 is 15.8 Å². The number of primary amides is 1. The van der Waals surface area contributed by atoms with Crippen LogP contribution in [0.5, 0.6) is 5.75 Å². The number of rotatable bonds is 7. The molecule has 0 unspecified atom stereocenters. The minimum absolute atomic E-state index is 0.0809. The highest BCUT2D eigenvalue weighted by Crippen LogP contribution is 2.24. The standard InChI is InChI=1S/C19H29N3O3/c1-13(2)18(14-7-9-15(25-3)10-8-14)21-17(23)12-22-11-5-4-6-16(22)19(20)24/h7-10,13,16,18H,4-6,11-12H2,1-3H3,(H2,20,24)(H,21,23)/t16-,18+/m0/s1. The number of ether oxygens (including phenoxy) is 1. The monoisotopic (exact) mass is 347 g/mol. The van der Waals surface area contributed by atoms with Crippen LogP contribution in [0.15, 0.2) is 24.3 Å². The van der Waals surface area contributed by atoms with E-state index >= 15 is 0 Å². The second kappa shape index (κ2) is 8.85. The van der Waals surface area contributed by atoms with E-state index in [0.29, 0.717) is 0 Å². The zero-order chi connectivity index (χ0) is 18.4. The second-order valence-corrected chi connectivity index (χ2v) is 6.95. The van der Waals surface area contributed by atoms with Gasteiger partial charge in [0.25, 0.3) is 0 Å². The van der Waals surface area contributed by atoms with Gasteiger partial charge in [-0.15, -0.1) is 0 Å². The van der Waals surface area contributed by atoms with Gasteiger partial charge in [-0.25, -0.2) is 0 Å². The first-order valence-corrected chi connectivity index (χ1v) is 8.89. The van der Waals surface area contributed by atoms with Crippen molar-refractivity contribution in [2.24, 2.45) is 11.7 Å². The van der Waals surface area contributed by atoms with Crippen molar-refractivity contribution < 1.29 is 14.3 Å². The van der Waals surface area contributed by atoms with Gasteiger partial charge in [-0.05, 0) is 43.0 Å². The Bertz CT molecular complexity index is 586.